The van der Waals surface area contributed by atoms with Crippen molar-refractivity contribution in [1.29, 1.82) is 0 Å². The fraction of sp³-hybridized carbons (Fsp3) is 0.308. The fourth-order valence-corrected chi connectivity index (χ4v) is 5.33. The maximum atomic E-state index is 12.9. The first kappa shape index (κ1) is 21.9. The molecule has 2 unspecified atom stereocenters. The molecule has 2 bridgehead atoms. The third kappa shape index (κ3) is 3.80. The molecule has 1 fully saturated rings. The summed E-state index contributed by atoms with van der Waals surface area (Å²) in [5.74, 6) is 0.324. The number of alkyl halides is 3. The van der Waals surface area contributed by atoms with Crippen molar-refractivity contribution in [1.82, 2.24) is 19.4 Å². The normalized spacial score (nSPS) is 19.2. The Labute approximate surface area is 199 Å². The van der Waals surface area contributed by atoms with E-state index >= 15 is 0 Å². The van der Waals surface area contributed by atoms with Crippen LogP contribution in [-0.4, -0.2) is 20.2 Å². The zero-order valence-corrected chi connectivity index (χ0v) is 19.0. The predicted octanol–water partition coefficient (Wildman–Crippen LogP) is 4.67. The molecule has 6 nitrogen and oxygen atoms in total. The molecule has 0 aliphatic carbocycles. The zero-order valence-electron chi connectivity index (χ0n) is 19.0. The van der Waals surface area contributed by atoms with Crippen LogP contribution in [0.25, 0.3) is 16.6 Å². The molecule has 2 aliphatic heterocycles. The standard InChI is InChI=1S/C26H23F3N4O2/c1-32-22-11-18(5-6-20(22)25-21-7-4-16(31-21)10-23(25)32)33-9-8-19(12-24(33)34)35-14-17-3-2-15(13-30-17)26(27,28)29/h2-3,5-6,8-9,11-13,16,21,31H,4,7,10,14H2,1H3. The molecule has 2 atom stereocenters. The average molecular weight is 480 g/mol. The number of aromatic nitrogens is 3. The minimum Gasteiger partial charge on any atom is -0.487 e. The van der Waals surface area contributed by atoms with Crippen LogP contribution in [0.4, 0.5) is 13.2 Å². The molecule has 1 saturated heterocycles. The maximum absolute atomic E-state index is 12.9. The van der Waals surface area contributed by atoms with E-state index in [1.54, 1.807) is 16.8 Å². The number of halogens is 3. The van der Waals surface area contributed by atoms with Crippen LogP contribution in [0.1, 0.15) is 41.4 Å². The number of hydrogen-bond donors (Lipinski definition) is 1. The maximum Gasteiger partial charge on any atom is 0.417 e. The van der Waals surface area contributed by atoms with E-state index in [0.717, 1.165) is 36.3 Å². The number of rotatable bonds is 4. The van der Waals surface area contributed by atoms with Crippen LogP contribution in [-0.2, 0) is 26.3 Å². The second kappa shape index (κ2) is 7.98. The Bertz CT molecular complexity index is 1490. The van der Waals surface area contributed by atoms with E-state index in [-0.39, 0.29) is 12.2 Å². The molecular formula is C26H23F3N4O2. The first-order chi connectivity index (χ1) is 16.8. The van der Waals surface area contributed by atoms with Crippen molar-refractivity contribution in [3.8, 4) is 11.4 Å². The highest BCUT2D eigenvalue weighted by Gasteiger charge is 2.35. The van der Waals surface area contributed by atoms with E-state index in [2.05, 4.69) is 28.0 Å². The third-order valence-corrected chi connectivity index (χ3v) is 7.09. The molecule has 5 heterocycles. The summed E-state index contributed by atoms with van der Waals surface area (Å²) in [6.45, 7) is -0.0430. The monoisotopic (exact) mass is 480 g/mol. The number of aryl methyl sites for hydroxylation is 1. The molecule has 180 valence electrons. The zero-order chi connectivity index (χ0) is 24.3. The van der Waals surface area contributed by atoms with Crippen molar-refractivity contribution in [2.24, 2.45) is 7.05 Å². The van der Waals surface area contributed by atoms with Gasteiger partial charge in [0, 0.05) is 55.1 Å². The van der Waals surface area contributed by atoms with Gasteiger partial charge in [0.05, 0.1) is 22.5 Å². The fourth-order valence-electron chi connectivity index (χ4n) is 5.33. The summed E-state index contributed by atoms with van der Waals surface area (Å²) in [4.78, 5) is 16.6. The predicted molar refractivity (Wildman–Crippen MR) is 125 cm³/mol. The summed E-state index contributed by atoms with van der Waals surface area (Å²) in [6.07, 6.45) is 1.36. The highest BCUT2D eigenvalue weighted by Crippen LogP contribution is 2.41. The lowest BCUT2D eigenvalue weighted by Gasteiger charge is -2.23. The second-order valence-corrected chi connectivity index (χ2v) is 9.21. The summed E-state index contributed by atoms with van der Waals surface area (Å²) in [7, 11) is 2.09. The molecule has 0 spiro atoms. The van der Waals surface area contributed by atoms with Gasteiger partial charge in [-0.3, -0.25) is 14.3 Å². The minimum atomic E-state index is -4.44. The van der Waals surface area contributed by atoms with Gasteiger partial charge >= 0.3 is 6.18 Å². The molecule has 9 heteroatoms. The molecule has 6 rings (SSSR count). The smallest absolute Gasteiger partial charge is 0.417 e. The van der Waals surface area contributed by atoms with Crippen molar-refractivity contribution in [3.05, 3.63) is 87.7 Å². The molecule has 2 aliphatic rings. The van der Waals surface area contributed by atoms with Crippen LogP contribution in [0.2, 0.25) is 0 Å². The molecule has 0 saturated carbocycles. The molecule has 1 N–H and O–H groups in total. The molecule has 1 aromatic carbocycles. The summed E-state index contributed by atoms with van der Waals surface area (Å²) >= 11 is 0. The Hall–Kier alpha value is -3.59. The lowest BCUT2D eigenvalue weighted by Crippen LogP contribution is -2.32. The van der Waals surface area contributed by atoms with Gasteiger partial charge in [-0.25, -0.2) is 0 Å². The van der Waals surface area contributed by atoms with Gasteiger partial charge in [-0.1, -0.05) is 6.07 Å². The minimum absolute atomic E-state index is 0.0430. The van der Waals surface area contributed by atoms with Crippen LogP contribution >= 0.6 is 0 Å². The van der Waals surface area contributed by atoms with Gasteiger partial charge in [0.1, 0.15) is 12.4 Å². The largest absolute Gasteiger partial charge is 0.487 e. The number of benzene rings is 1. The van der Waals surface area contributed by atoms with Gasteiger partial charge in [-0.05, 0) is 48.7 Å². The lowest BCUT2D eigenvalue weighted by molar-refractivity contribution is -0.137. The van der Waals surface area contributed by atoms with Gasteiger partial charge in [0.2, 0.25) is 0 Å². The Morgan fingerprint density at radius 2 is 2.00 bits per heavy atom. The summed E-state index contributed by atoms with van der Waals surface area (Å²) in [5, 5.41) is 4.93. The highest BCUT2D eigenvalue weighted by atomic mass is 19.4. The molecular weight excluding hydrogens is 457 g/mol. The van der Waals surface area contributed by atoms with Crippen LogP contribution in [0.15, 0.2) is 59.7 Å². The Morgan fingerprint density at radius 1 is 1.14 bits per heavy atom. The van der Waals surface area contributed by atoms with Crippen LogP contribution in [0.3, 0.4) is 0 Å². The van der Waals surface area contributed by atoms with Gasteiger partial charge < -0.3 is 14.6 Å². The number of hydrogen-bond acceptors (Lipinski definition) is 4. The van der Waals surface area contributed by atoms with E-state index in [0.29, 0.717) is 23.5 Å². The number of pyridine rings is 2. The number of fused-ring (bicyclic) bond motifs is 6. The van der Waals surface area contributed by atoms with Gasteiger partial charge in [-0.2, -0.15) is 13.2 Å². The second-order valence-electron chi connectivity index (χ2n) is 9.21. The SMILES string of the molecule is Cn1c2c(c3ccc(-n4ccc(OCc5ccc(C(F)(F)F)cn5)cc4=O)cc31)C1CCC(C2)N1. The van der Waals surface area contributed by atoms with Gasteiger partial charge in [0.15, 0.2) is 0 Å². The number of nitrogens with one attached hydrogen (secondary N) is 1. The first-order valence-corrected chi connectivity index (χ1v) is 11.5. The molecule has 35 heavy (non-hydrogen) atoms. The summed E-state index contributed by atoms with van der Waals surface area (Å²) in [5.41, 5.74) is 3.87. The van der Waals surface area contributed by atoms with Crippen LogP contribution in [0, 0.1) is 0 Å². The van der Waals surface area contributed by atoms with Crippen molar-refractivity contribution in [3.63, 3.8) is 0 Å². The topological polar surface area (TPSA) is 61.1 Å². The van der Waals surface area contributed by atoms with Crippen molar-refractivity contribution >= 4 is 10.9 Å². The molecule has 0 amide bonds. The van der Waals surface area contributed by atoms with E-state index < -0.39 is 11.7 Å². The third-order valence-electron chi connectivity index (χ3n) is 7.09. The molecule has 3 aromatic heterocycles. The van der Waals surface area contributed by atoms with E-state index in [1.807, 2.05) is 12.1 Å². The summed E-state index contributed by atoms with van der Waals surface area (Å²) < 4.78 is 47.4. The van der Waals surface area contributed by atoms with Gasteiger partial charge in [0.25, 0.3) is 5.56 Å². The van der Waals surface area contributed by atoms with Crippen LogP contribution in [0.5, 0.6) is 5.75 Å². The quantitative estimate of drug-likeness (QED) is 0.461. The van der Waals surface area contributed by atoms with E-state index in [1.165, 1.54) is 35.2 Å². The molecule has 0 radical (unpaired) electrons. The number of nitrogens with zero attached hydrogens (tertiary/aromatic N) is 3. The summed E-state index contributed by atoms with van der Waals surface area (Å²) in [6, 6.07) is 12.3. The Balaban J connectivity index is 1.24. The Morgan fingerprint density at radius 3 is 2.74 bits per heavy atom. The average Bonchev–Trinajstić information content (AvgIpc) is 3.35. The van der Waals surface area contributed by atoms with Crippen LogP contribution < -0.4 is 15.6 Å². The highest BCUT2D eigenvalue weighted by molar-refractivity contribution is 5.88. The van der Waals surface area contributed by atoms with Crippen molar-refractivity contribution in [2.75, 3.05) is 0 Å². The first-order valence-electron chi connectivity index (χ1n) is 11.5. The Kier molecular flexibility index (Phi) is 5.00. The molecule has 4 aromatic rings. The number of ether oxygens (including phenoxy) is 1. The van der Waals surface area contributed by atoms with E-state index in [4.69, 9.17) is 4.74 Å². The lowest BCUT2D eigenvalue weighted by atomic mass is 9.99. The van der Waals surface area contributed by atoms with Gasteiger partial charge in [-0.15, -0.1) is 0 Å². The van der Waals surface area contributed by atoms with Crippen molar-refractivity contribution < 1.29 is 17.9 Å². The van der Waals surface area contributed by atoms with E-state index in [9.17, 15) is 18.0 Å². The van der Waals surface area contributed by atoms with Crippen molar-refractivity contribution in [2.45, 2.75) is 44.1 Å².